The number of carbonyl (C=O) groups excluding carboxylic acids is 3. The highest BCUT2D eigenvalue weighted by molar-refractivity contribution is 7.86. The van der Waals surface area contributed by atoms with Crippen LogP contribution in [-0.2, 0) is 29.9 Å². The number of amides is 2. The van der Waals surface area contributed by atoms with Crippen molar-refractivity contribution in [3.63, 3.8) is 0 Å². The van der Waals surface area contributed by atoms with Crippen LogP contribution in [0.2, 0.25) is 0 Å². The third-order valence-corrected chi connectivity index (χ3v) is 9.70. The molecule has 244 valence electrons. The van der Waals surface area contributed by atoms with Gasteiger partial charge in [0.25, 0.3) is 11.5 Å². The Morgan fingerprint density at radius 3 is 2.21 bits per heavy atom. The second-order valence-electron chi connectivity index (χ2n) is 12.5. The van der Waals surface area contributed by atoms with E-state index in [1.807, 2.05) is 60.7 Å². The Morgan fingerprint density at radius 2 is 1.64 bits per heavy atom. The fourth-order valence-corrected chi connectivity index (χ4v) is 7.77. The molecule has 2 saturated heterocycles. The highest BCUT2D eigenvalue weighted by Crippen LogP contribution is 2.42. The Balaban J connectivity index is 1.48. The van der Waals surface area contributed by atoms with Crippen molar-refractivity contribution in [2.75, 3.05) is 18.8 Å². The van der Waals surface area contributed by atoms with Gasteiger partial charge >= 0.3 is 12.1 Å². The lowest BCUT2D eigenvalue weighted by atomic mass is 9.90. The molecule has 2 amide bonds. The van der Waals surface area contributed by atoms with Crippen molar-refractivity contribution in [1.29, 1.82) is 0 Å². The van der Waals surface area contributed by atoms with Crippen molar-refractivity contribution in [2.24, 2.45) is 0 Å². The van der Waals surface area contributed by atoms with Gasteiger partial charge in [0, 0.05) is 23.9 Å². The lowest BCUT2D eigenvalue weighted by Crippen LogP contribution is -2.73. The molecule has 3 N–H and O–H groups in total. The molecule has 0 radical (unpaired) electrons. The second-order valence-corrected chi connectivity index (χ2v) is 14.0. The first-order valence-corrected chi connectivity index (χ1v) is 16.8. The number of hydrogen-bond donors (Lipinski definition) is 3. The van der Waals surface area contributed by atoms with Gasteiger partial charge in [0.2, 0.25) is 0 Å². The zero-order valence-corrected chi connectivity index (χ0v) is 27.1. The quantitative estimate of drug-likeness (QED) is 0.259. The summed E-state index contributed by atoms with van der Waals surface area (Å²) in [5.74, 6) is -1.61. The van der Waals surface area contributed by atoms with Gasteiger partial charge in [-0.05, 0) is 68.1 Å². The highest BCUT2D eigenvalue weighted by Gasteiger charge is 2.58. The molecule has 11 nitrogen and oxygen atoms in total. The van der Waals surface area contributed by atoms with E-state index in [0.29, 0.717) is 41.8 Å². The van der Waals surface area contributed by atoms with Crippen molar-refractivity contribution in [2.45, 2.75) is 50.3 Å². The van der Waals surface area contributed by atoms with Crippen LogP contribution in [0.1, 0.15) is 50.0 Å². The lowest BCUT2D eigenvalue weighted by Gasteiger charge is -2.49. The average molecular weight is 657 g/mol. The first-order chi connectivity index (χ1) is 22.5. The number of aromatic nitrogens is 1. The second kappa shape index (κ2) is 13.1. The predicted octanol–water partition coefficient (Wildman–Crippen LogP) is 3.53. The molecule has 3 aromatic rings. The smallest absolute Gasteiger partial charge is 0.408 e. The molecule has 0 bridgehead atoms. The van der Waals surface area contributed by atoms with Gasteiger partial charge in [-0.3, -0.25) is 18.7 Å². The van der Waals surface area contributed by atoms with Gasteiger partial charge in [0.15, 0.2) is 6.10 Å². The van der Waals surface area contributed by atoms with E-state index in [2.05, 4.69) is 15.6 Å². The average Bonchev–Trinajstić information content (AvgIpc) is 3.58. The summed E-state index contributed by atoms with van der Waals surface area (Å²) in [6.45, 7) is 6.17. The molecule has 2 fully saturated rings. The number of carbonyl (C=O) groups is 3. The number of rotatable bonds is 7. The van der Waals surface area contributed by atoms with Crippen LogP contribution < -0.4 is 16.2 Å². The number of H-pyrrole nitrogens is 1. The van der Waals surface area contributed by atoms with Crippen molar-refractivity contribution >= 4 is 34.3 Å². The molecule has 6 rings (SSSR count). The topological polar surface area (TPSA) is 147 Å². The monoisotopic (exact) mass is 656 g/mol. The third-order valence-electron chi connectivity index (χ3n) is 8.11. The number of nitrogens with zero attached hydrogens (tertiary/aromatic N) is 1. The Morgan fingerprint density at radius 1 is 0.979 bits per heavy atom. The van der Waals surface area contributed by atoms with Gasteiger partial charge in [-0.15, -0.1) is 0 Å². The maximum Gasteiger partial charge on any atom is 0.408 e. The molecule has 0 saturated carbocycles. The minimum atomic E-state index is -1.77. The summed E-state index contributed by atoms with van der Waals surface area (Å²) in [6, 6.07) is 20.6. The number of fused-ring (bicyclic) bond motifs is 1. The molecule has 3 aliphatic rings. The number of benzene rings is 2. The van der Waals surface area contributed by atoms with Crippen LogP contribution in [0.5, 0.6) is 0 Å². The Kier molecular flexibility index (Phi) is 8.98. The molecule has 2 aromatic carbocycles. The first kappa shape index (κ1) is 32.1. The van der Waals surface area contributed by atoms with Gasteiger partial charge in [0.05, 0.1) is 16.6 Å². The van der Waals surface area contributed by atoms with Crippen LogP contribution in [-0.4, -0.2) is 67.9 Å². The van der Waals surface area contributed by atoms with E-state index in [0.717, 1.165) is 10.5 Å². The Bertz CT molecular complexity index is 1800. The number of aromatic amines is 1. The minimum absolute atomic E-state index is 0.101. The van der Waals surface area contributed by atoms with Crippen molar-refractivity contribution in [3.05, 3.63) is 123 Å². The standard InChI is InChI=1S/C35H36N4O7S/c1-35(2,3)46-34(43)38-27-31(41)39-28(33(42)45-29(21-11-6-4-7-12-21)22-13-8-5-9-14-22)25(20-47(44)32(27)39)26(23-16-18-36-19-23)24-15-10-17-37-30(24)40/h4-15,17,27,29,32,36H,16,18-20H2,1-3H3,(H,37,40)(H,38,43)/t27-,32-,47+/m1/s1. The maximum absolute atomic E-state index is 14.6. The number of alkyl carbamates (subject to hydrolysis) is 1. The number of β-lactam (4-membered cyclic amide) rings is 1. The molecular weight excluding hydrogens is 620 g/mol. The van der Waals surface area contributed by atoms with Gasteiger partial charge < -0.3 is 25.1 Å². The summed E-state index contributed by atoms with van der Waals surface area (Å²) >= 11 is 0. The molecule has 3 atom stereocenters. The molecule has 0 aliphatic carbocycles. The van der Waals surface area contributed by atoms with Crippen molar-refractivity contribution in [3.8, 4) is 0 Å². The lowest BCUT2D eigenvalue weighted by molar-refractivity contribution is -0.153. The summed E-state index contributed by atoms with van der Waals surface area (Å²) in [4.78, 5) is 58.1. The number of nitrogens with one attached hydrogen (secondary N) is 3. The summed E-state index contributed by atoms with van der Waals surface area (Å²) in [7, 11) is -1.77. The molecule has 0 unspecified atom stereocenters. The van der Waals surface area contributed by atoms with Crippen LogP contribution in [0.4, 0.5) is 4.79 Å². The van der Waals surface area contributed by atoms with E-state index in [-0.39, 0.29) is 22.6 Å². The van der Waals surface area contributed by atoms with Gasteiger partial charge in [-0.2, -0.15) is 0 Å². The van der Waals surface area contributed by atoms with Crippen molar-refractivity contribution in [1.82, 2.24) is 20.5 Å². The number of pyridine rings is 1. The largest absolute Gasteiger partial charge is 0.448 e. The third kappa shape index (κ3) is 6.56. The molecular formula is C35H36N4O7S. The summed E-state index contributed by atoms with van der Waals surface area (Å²) < 4.78 is 25.6. The maximum atomic E-state index is 14.6. The fraction of sp³-hybridized carbons (Fsp3) is 0.314. The highest BCUT2D eigenvalue weighted by atomic mass is 32.2. The molecule has 1 aromatic heterocycles. The van der Waals surface area contributed by atoms with E-state index < -0.39 is 51.9 Å². The number of allylic oxidation sites excluding steroid dienone is 1. The van der Waals surface area contributed by atoms with E-state index in [1.165, 1.54) is 6.20 Å². The van der Waals surface area contributed by atoms with E-state index in [1.54, 1.807) is 32.9 Å². The van der Waals surface area contributed by atoms with Gasteiger partial charge in [-0.1, -0.05) is 60.7 Å². The summed E-state index contributed by atoms with van der Waals surface area (Å²) in [5, 5.41) is 4.78. The van der Waals surface area contributed by atoms with Gasteiger partial charge in [0.1, 0.15) is 22.7 Å². The van der Waals surface area contributed by atoms with Crippen LogP contribution in [0.25, 0.3) is 5.57 Å². The molecule has 47 heavy (non-hydrogen) atoms. The zero-order chi connectivity index (χ0) is 33.3. The molecule has 4 heterocycles. The molecule has 3 aliphatic heterocycles. The SMILES string of the molecule is CC(C)(C)OC(=O)N[C@@H]1C(=O)N2C(C(=O)OC(c3ccccc3)c3ccccc3)=C(C(=C3CCNC3)c3ccc[nH]c3=O)C[S@](=O)[C@H]12. The fourth-order valence-electron chi connectivity index (χ4n) is 6.10. The van der Waals surface area contributed by atoms with Crippen LogP contribution in [0.15, 0.2) is 101 Å². The summed E-state index contributed by atoms with van der Waals surface area (Å²) in [6.07, 6.45) is 0.422. The van der Waals surface area contributed by atoms with Gasteiger partial charge in [-0.25, -0.2) is 9.59 Å². The van der Waals surface area contributed by atoms with Crippen LogP contribution in [0.3, 0.4) is 0 Å². The Labute approximate surface area is 274 Å². The van der Waals surface area contributed by atoms with Crippen molar-refractivity contribution < 1.29 is 28.1 Å². The Hall–Kier alpha value is -4.81. The zero-order valence-electron chi connectivity index (χ0n) is 26.3. The molecule has 12 heteroatoms. The number of hydrogen-bond acceptors (Lipinski definition) is 8. The number of ether oxygens (including phenoxy) is 2. The molecule has 0 spiro atoms. The number of esters is 1. The minimum Gasteiger partial charge on any atom is -0.448 e. The first-order valence-electron chi connectivity index (χ1n) is 15.4. The predicted molar refractivity (Wildman–Crippen MR) is 176 cm³/mol. The summed E-state index contributed by atoms with van der Waals surface area (Å²) in [5.41, 5.74) is 1.99. The van der Waals surface area contributed by atoms with Crippen LogP contribution >= 0.6 is 0 Å². The van der Waals surface area contributed by atoms with E-state index in [9.17, 15) is 23.4 Å². The van der Waals surface area contributed by atoms with Crippen LogP contribution in [0, 0.1) is 0 Å². The van der Waals surface area contributed by atoms with E-state index in [4.69, 9.17) is 9.47 Å². The van der Waals surface area contributed by atoms with E-state index >= 15 is 0 Å². The normalized spacial score (nSPS) is 22.0.